The Hall–Kier alpha value is -2.82. The fraction of sp³-hybridized carbons (Fsp3) is 0.391. The van der Waals surface area contributed by atoms with Crippen molar-refractivity contribution in [1.29, 1.82) is 0 Å². The van der Waals surface area contributed by atoms with Gasteiger partial charge in [0.15, 0.2) is 0 Å². The van der Waals surface area contributed by atoms with Gasteiger partial charge in [-0.15, -0.1) is 0 Å². The summed E-state index contributed by atoms with van der Waals surface area (Å²) in [7, 11) is 5.38. The maximum atomic E-state index is 12.9. The number of para-hydroxylation sites is 1. The van der Waals surface area contributed by atoms with E-state index in [2.05, 4.69) is 23.5 Å². The van der Waals surface area contributed by atoms with Gasteiger partial charge in [0.25, 0.3) is 0 Å². The molecule has 1 aliphatic rings. The van der Waals surface area contributed by atoms with Crippen molar-refractivity contribution in [2.24, 2.45) is 0 Å². The van der Waals surface area contributed by atoms with E-state index in [1.165, 1.54) is 11.1 Å². The van der Waals surface area contributed by atoms with Crippen molar-refractivity contribution in [2.45, 2.75) is 31.7 Å². The lowest BCUT2D eigenvalue weighted by molar-refractivity contribution is -0.130. The molecule has 0 aromatic heterocycles. The van der Waals surface area contributed by atoms with Crippen molar-refractivity contribution in [3.05, 3.63) is 65.2 Å². The molecule has 3 rings (SSSR count). The highest BCUT2D eigenvalue weighted by atomic mass is 16.2. The molecule has 0 heterocycles. The summed E-state index contributed by atoms with van der Waals surface area (Å²) in [6.45, 7) is 0.211. The largest absolute Gasteiger partial charge is 0.376 e. The van der Waals surface area contributed by atoms with Gasteiger partial charge < -0.3 is 15.1 Å². The molecule has 2 amide bonds. The average molecular weight is 380 g/mol. The third-order valence-corrected chi connectivity index (χ3v) is 5.49. The number of nitrogens with one attached hydrogen (secondary N) is 1. The number of nitrogens with zero attached hydrogens (tertiary/aromatic N) is 2. The molecule has 0 unspecified atom stereocenters. The summed E-state index contributed by atoms with van der Waals surface area (Å²) < 4.78 is 0. The van der Waals surface area contributed by atoms with Crippen LogP contribution in [0.1, 0.15) is 35.6 Å². The zero-order chi connectivity index (χ0) is 20.1. The lowest BCUT2D eigenvalue weighted by atomic mass is 9.87. The summed E-state index contributed by atoms with van der Waals surface area (Å²) in [6.07, 6.45) is 3.49. The molecule has 148 valence electrons. The zero-order valence-corrected chi connectivity index (χ0v) is 16.9. The Morgan fingerprint density at radius 1 is 1.00 bits per heavy atom. The van der Waals surface area contributed by atoms with E-state index in [9.17, 15) is 9.59 Å². The van der Waals surface area contributed by atoms with Crippen LogP contribution < -0.4 is 5.32 Å². The van der Waals surface area contributed by atoms with Gasteiger partial charge in [-0.1, -0.05) is 42.5 Å². The van der Waals surface area contributed by atoms with Gasteiger partial charge in [-0.3, -0.25) is 9.59 Å². The molecule has 0 radical (unpaired) electrons. The summed E-state index contributed by atoms with van der Waals surface area (Å²) in [4.78, 5) is 28.4. The summed E-state index contributed by atoms with van der Waals surface area (Å²) in [5.41, 5.74) is 4.35. The first-order valence-electron chi connectivity index (χ1n) is 9.82. The molecule has 1 atom stereocenters. The molecule has 5 nitrogen and oxygen atoms in total. The first-order valence-corrected chi connectivity index (χ1v) is 9.82. The third kappa shape index (κ3) is 4.53. The molecule has 0 saturated carbocycles. The lowest BCUT2D eigenvalue weighted by Crippen LogP contribution is -2.37. The van der Waals surface area contributed by atoms with Crippen molar-refractivity contribution in [2.75, 3.05) is 33.0 Å². The standard InChI is InChI=1S/C23H29N3O2/c1-25(2)22(27)15-18-10-5-7-13-20(18)24-16-23(28)26(3)21-14-8-11-17-9-4-6-12-19(17)21/h4-7,9-10,12-13,21,24H,8,11,14-16H2,1-3H3/t21-/m1/s1. The second kappa shape index (κ2) is 8.91. The highest BCUT2D eigenvalue weighted by Crippen LogP contribution is 2.33. The SMILES string of the molecule is CN(C)C(=O)Cc1ccccc1NCC(=O)N(C)[C@@H]1CCCc2ccccc21. The van der Waals surface area contributed by atoms with Gasteiger partial charge in [-0.25, -0.2) is 0 Å². The van der Waals surface area contributed by atoms with Gasteiger partial charge in [0.2, 0.25) is 11.8 Å². The van der Waals surface area contributed by atoms with Crippen LogP contribution in [0.3, 0.4) is 0 Å². The third-order valence-electron chi connectivity index (χ3n) is 5.49. The zero-order valence-electron chi connectivity index (χ0n) is 16.9. The number of hydrogen-bond acceptors (Lipinski definition) is 3. The average Bonchev–Trinajstić information content (AvgIpc) is 2.71. The van der Waals surface area contributed by atoms with E-state index >= 15 is 0 Å². The number of carbonyl (C=O) groups is 2. The number of carbonyl (C=O) groups excluding carboxylic acids is 2. The molecule has 5 heteroatoms. The molecule has 1 aliphatic carbocycles. The van der Waals surface area contributed by atoms with Crippen LogP contribution in [0, 0.1) is 0 Å². The van der Waals surface area contributed by atoms with E-state index in [1.807, 2.05) is 42.3 Å². The Labute approximate surface area is 167 Å². The predicted octanol–water partition coefficient (Wildman–Crippen LogP) is 3.27. The Morgan fingerprint density at radius 2 is 1.71 bits per heavy atom. The number of benzene rings is 2. The van der Waals surface area contributed by atoms with Crippen molar-refractivity contribution in [3.63, 3.8) is 0 Å². The number of amides is 2. The smallest absolute Gasteiger partial charge is 0.242 e. The van der Waals surface area contributed by atoms with E-state index < -0.39 is 0 Å². The first kappa shape index (κ1) is 19.9. The quantitative estimate of drug-likeness (QED) is 0.838. The molecule has 0 saturated heterocycles. The highest BCUT2D eigenvalue weighted by Gasteiger charge is 2.26. The van der Waals surface area contributed by atoms with E-state index in [0.29, 0.717) is 6.42 Å². The molecule has 0 spiro atoms. The van der Waals surface area contributed by atoms with E-state index in [-0.39, 0.29) is 24.4 Å². The monoisotopic (exact) mass is 379 g/mol. The number of fused-ring (bicyclic) bond motifs is 1. The van der Waals surface area contributed by atoms with Crippen LogP contribution in [0.25, 0.3) is 0 Å². The molecule has 0 aliphatic heterocycles. The second-order valence-electron chi connectivity index (χ2n) is 7.59. The van der Waals surface area contributed by atoms with Crippen LogP contribution in [0.15, 0.2) is 48.5 Å². The van der Waals surface area contributed by atoms with Crippen LogP contribution >= 0.6 is 0 Å². The van der Waals surface area contributed by atoms with Gasteiger partial charge in [0.1, 0.15) is 0 Å². The molecular formula is C23H29N3O2. The molecule has 2 aromatic carbocycles. The summed E-state index contributed by atoms with van der Waals surface area (Å²) in [5.74, 6) is 0.0898. The Morgan fingerprint density at radius 3 is 2.50 bits per heavy atom. The molecule has 2 aromatic rings. The number of anilines is 1. The molecule has 28 heavy (non-hydrogen) atoms. The minimum atomic E-state index is 0.0384. The van der Waals surface area contributed by atoms with Crippen LogP contribution in [0.2, 0.25) is 0 Å². The van der Waals surface area contributed by atoms with Crippen LogP contribution in [-0.4, -0.2) is 49.3 Å². The number of hydrogen-bond donors (Lipinski definition) is 1. The first-order chi connectivity index (χ1) is 13.5. The number of rotatable bonds is 6. The van der Waals surface area contributed by atoms with Crippen molar-refractivity contribution in [3.8, 4) is 0 Å². The summed E-state index contributed by atoms with van der Waals surface area (Å²) in [6, 6.07) is 16.2. The predicted molar refractivity (Wildman–Crippen MR) is 112 cm³/mol. The summed E-state index contributed by atoms with van der Waals surface area (Å²) in [5, 5.41) is 3.24. The van der Waals surface area contributed by atoms with Crippen LogP contribution in [-0.2, 0) is 22.4 Å². The van der Waals surface area contributed by atoms with Gasteiger partial charge in [-0.05, 0) is 42.0 Å². The van der Waals surface area contributed by atoms with E-state index in [1.54, 1.807) is 19.0 Å². The molecular weight excluding hydrogens is 350 g/mol. The Balaban J connectivity index is 1.66. The lowest BCUT2D eigenvalue weighted by Gasteiger charge is -2.33. The van der Waals surface area contributed by atoms with Crippen LogP contribution in [0.5, 0.6) is 0 Å². The topological polar surface area (TPSA) is 52.7 Å². The number of likely N-dealkylation sites (N-methyl/N-ethyl adjacent to an activating group) is 2. The van der Waals surface area contributed by atoms with Gasteiger partial charge in [-0.2, -0.15) is 0 Å². The minimum absolute atomic E-state index is 0.0384. The second-order valence-corrected chi connectivity index (χ2v) is 7.59. The maximum Gasteiger partial charge on any atom is 0.242 e. The Kier molecular flexibility index (Phi) is 6.34. The van der Waals surface area contributed by atoms with Crippen molar-refractivity contribution in [1.82, 2.24) is 9.80 Å². The fourth-order valence-electron chi connectivity index (χ4n) is 3.77. The van der Waals surface area contributed by atoms with Gasteiger partial charge in [0.05, 0.1) is 19.0 Å². The minimum Gasteiger partial charge on any atom is -0.376 e. The maximum absolute atomic E-state index is 12.9. The molecule has 0 fully saturated rings. The summed E-state index contributed by atoms with van der Waals surface area (Å²) >= 11 is 0. The van der Waals surface area contributed by atoms with Crippen molar-refractivity contribution < 1.29 is 9.59 Å². The number of aryl methyl sites for hydroxylation is 1. The van der Waals surface area contributed by atoms with Crippen molar-refractivity contribution >= 4 is 17.5 Å². The van der Waals surface area contributed by atoms with Crippen LogP contribution in [0.4, 0.5) is 5.69 Å². The molecule has 1 N–H and O–H groups in total. The fourth-order valence-corrected chi connectivity index (χ4v) is 3.77. The van der Waals surface area contributed by atoms with E-state index in [4.69, 9.17) is 0 Å². The van der Waals surface area contributed by atoms with Gasteiger partial charge >= 0.3 is 0 Å². The Bertz CT molecular complexity index is 847. The normalized spacial score (nSPS) is 15.5. The highest BCUT2D eigenvalue weighted by molar-refractivity contribution is 5.83. The van der Waals surface area contributed by atoms with Gasteiger partial charge in [0, 0.05) is 26.8 Å². The van der Waals surface area contributed by atoms with E-state index in [0.717, 1.165) is 30.5 Å². The molecule has 0 bridgehead atoms.